The highest BCUT2D eigenvalue weighted by Gasteiger charge is 2.26. The molecule has 6 nitrogen and oxygen atoms in total. The molecule has 0 atom stereocenters. The Labute approximate surface area is 83.5 Å². The second-order valence-corrected chi connectivity index (χ2v) is 5.69. The molecular formula is C6H4N2O4S2. The summed E-state index contributed by atoms with van der Waals surface area (Å²) >= 11 is 0.604. The van der Waals surface area contributed by atoms with E-state index < -0.39 is 20.4 Å². The van der Waals surface area contributed by atoms with E-state index in [2.05, 4.69) is 0 Å². The molecule has 1 aromatic heterocycles. The third-order valence-corrected chi connectivity index (χ3v) is 4.19. The van der Waals surface area contributed by atoms with Crippen LogP contribution in [0.2, 0.25) is 0 Å². The maximum absolute atomic E-state index is 11.1. The molecule has 0 amide bonds. The predicted molar refractivity (Wildman–Crippen MR) is 48.8 cm³/mol. The van der Waals surface area contributed by atoms with Crippen molar-refractivity contribution in [2.45, 2.75) is 4.21 Å². The highest BCUT2D eigenvalue weighted by Crippen LogP contribution is 2.32. The van der Waals surface area contributed by atoms with Gasteiger partial charge in [0.2, 0.25) is 0 Å². The molecular weight excluding hydrogens is 228 g/mol. The summed E-state index contributed by atoms with van der Waals surface area (Å²) in [5.41, 5.74) is -0.533. The molecule has 0 saturated carbocycles. The lowest BCUT2D eigenvalue weighted by Crippen LogP contribution is -1.98. The van der Waals surface area contributed by atoms with Crippen molar-refractivity contribution in [3.8, 4) is 6.07 Å². The van der Waals surface area contributed by atoms with E-state index >= 15 is 0 Å². The standard InChI is InChI=1S/C6H4N2O4S2/c1-14(11,12)6-5(8(9)10)2-4(3-7)13-6/h2H,1H3. The lowest BCUT2D eigenvalue weighted by atomic mass is 10.4. The summed E-state index contributed by atoms with van der Waals surface area (Å²) in [4.78, 5) is 9.64. The van der Waals surface area contributed by atoms with Gasteiger partial charge in [0.15, 0.2) is 14.0 Å². The zero-order valence-corrected chi connectivity index (χ0v) is 8.55. The van der Waals surface area contributed by atoms with E-state index in [-0.39, 0.29) is 9.09 Å². The van der Waals surface area contributed by atoms with E-state index in [0.717, 1.165) is 12.3 Å². The molecule has 1 aromatic rings. The van der Waals surface area contributed by atoms with Crippen LogP contribution in [0.1, 0.15) is 4.88 Å². The number of thiophene rings is 1. The largest absolute Gasteiger partial charge is 0.300 e. The normalized spacial score (nSPS) is 10.9. The lowest BCUT2D eigenvalue weighted by molar-refractivity contribution is -0.387. The van der Waals surface area contributed by atoms with Crippen LogP contribution >= 0.6 is 11.3 Å². The Morgan fingerprint density at radius 2 is 2.21 bits per heavy atom. The minimum atomic E-state index is -3.64. The number of rotatable bonds is 2. The van der Waals surface area contributed by atoms with Crippen molar-refractivity contribution >= 4 is 26.9 Å². The number of hydrogen-bond acceptors (Lipinski definition) is 6. The van der Waals surface area contributed by atoms with Gasteiger partial charge in [-0.05, 0) is 0 Å². The minimum absolute atomic E-state index is 0.0112. The quantitative estimate of drug-likeness (QED) is 0.557. The molecule has 0 unspecified atom stereocenters. The molecule has 0 N–H and O–H groups in total. The first kappa shape index (κ1) is 10.6. The van der Waals surface area contributed by atoms with Gasteiger partial charge in [-0.15, -0.1) is 11.3 Å². The highest BCUT2D eigenvalue weighted by molar-refractivity contribution is 7.93. The van der Waals surface area contributed by atoms with Crippen LogP contribution in [0, 0.1) is 21.4 Å². The lowest BCUT2D eigenvalue weighted by Gasteiger charge is -1.91. The molecule has 1 heterocycles. The molecule has 1 rings (SSSR count). The molecule has 0 bridgehead atoms. The molecule has 0 fully saturated rings. The van der Waals surface area contributed by atoms with Crippen molar-refractivity contribution in [3.63, 3.8) is 0 Å². The van der Waals surface area contributed by atoms with Crippen LogP contribution < -0.4 is 0 Å². The summed E-state index contributed by atoms with van der Waals surface area (Å²) in [5, 5.41) is 18.9. The third kappa shape index (κ3) is 1.89. The van der Waals surface area contributed by atoms with E-state index in [0.29, 0.717) is 11.3 Å². The Morgan fingerprint density at radius 3 is 2.50 bits per heavy atom. The molecule has 0 aliphatic rings. The molecule has 0 radical (unpaired) electrons. The van der Waals surface area contributed by atoms with Gasteiger partial charge in [-0.2, -0.15) is 5.26 Å². The molecule has 0 aliphatic carbocycles. The maximum Gasteiger partial charge on any atom is 0.300 e. The Hall–Kier alpha value is -1.46. The topological polar surface area (TPSA) is 101 Å². The Morgan fingerprint density at radius 1 is 1.64 bits per heavy atom. The van der Waals surface area contributed by atoms with Crippen molar-refractivity contribution in [2.24, 2.45) is 0 Å². The van der Waals surface area contributed by atoms with Crippen LogP contribution in [-0.2, 0) is 9.84 Å². The summed E-state index contributed by atoms with van der Waals surface area (Å²) in [5.74, 6) is 0. The van der Waals surface area contributed by atoms with Crippen LogP contribution in [0.3, 0.4) is 0 Å². The first-order valence-corrected chi connectivity index (χ1v) is 5.95. The van der Waals surface area contributed by atoms with E-state index in [9.17, 15) is 18.5 Å². The van der Waals surface area contributed by atoms with E-state index in [1.807, 2.05) is 0 Å². The molecule has 74 valence electrons. The summed E-state index contributed by atoms with van der Waals surface area (Å²) in [6, 6.07) is 2.62. The maximum atomic E-state index is 11.1. The van der Waals surface area contributed by atoms with Gasteiger partial charge in [0.25, 0.3) is 5.69 Å². The van der Waals surface area contributed by atoms with Crippen LogP contribution in [-0.4, -0.2) is 19.6 Å². The summed E-state index contributed by atoms with van der Waals surface area (Å²) in [6.45, 7) is 0. The second kappa shape index (κ2) is 3.36. The summed E-state index contributed by atoms with van der Waals surface area (Å²) in [6.07, 6.45) is 0.868. The fraction of sp³-hybridized carbons (Fsp3) is 0.167. The van der Waals surface area contributed by atoms with Gasteiger partial charge in [-0.3, -0.25) is 10.1 Å². The van der Waals surface area contributed by atoms with Crippen molar-refractivity contribution < 1.29 is 13.3 Å². The predicted octanol–water partition coefficient (Wildman–Crippen LogP) is 0.931. The van der Waals surface area contributed by atoms with Gasteiger partial charge in [0.1, 0.15) is 10.9 Å². The van der Waals surface area contributed by atoms with Gasteiger partial charge in [0.05, 0.1) is 4.92 Å². The average Bonchev–Trinajstić information content (AvgIpc) is 2.46. The number of sulfone groups is 1. The molecule has 8 heteroatoms. The smallest absolute Gasteiger partial charge is 0.258 e. The number of nitrogens with zero attached hydrogens (tertiary/aromatic N) is 2. The second-order valence-electron chi connectivity index (χ2n) is 2.42. The highest BCUT2D eigenvalue weighted by atomic mass is 32.2. The first-order valence-electron chi connectivity index (χ1n) is 3.24. The summed E-state index contributed by atoms with van der Waals surface area (Å²) < 4.78 is 21.8. The zero-order chi connectivity index (χ0) is 10.9. The molecule has 14 heavy (non-hydrogen) atoms. The van der Waals surface area contributed by atoms with Crippen molar-refractivity contribution in [1.82, 2.24) is 0 Å². The Bertz CT molecular complexity index is 523. The summed E-state index contributed by atoms with van der Waals surface area (Å²) in [7, 11) is -3.64. The van der Waals surface area contributed by atoms with Gasteiger partial charge in [-0.25, -0.2) is 8.42 Å². The average molecular weight is 232 g/mol. The molecule has 0 aliphatic heterocycles. The Kier molecular flexibility index (Phi) is 2.55. The molecule has 0 aromatic carbocycles. The van der Waals surface area contributed by atoms with Crippen LogP contribution in [0.5, 0.6) is 0 Å². The monoisotopic (exact) mass is 232 g/mol. The van der Waals surface area contributed by atoms with E-state index in [4.69, 9.17) is 5.26 Å². The van der Waals surface area contributed by atoms with Crippen LogP contribution in [0.25, 0.3) is 0 Å². The van der Waals surface area contributed by atoms with Crippen LogP contribution in [0.4, 0.5) is 5.69 Å². The SMILES string of the molecule is CS(=O)(=O)c1sc(C#N)cc1[N+](=O)[O-]. The number of hydrogen-bond donors (Lipinski definition) is 0. The van der Waals surface area contributed by atoms with E-state index in [1.165, 1.54) is 0 Å². The van der Waals surface area contributed by atoms with Crippen molar-refractivity contribution in [3.05, 3.63) is 21.1 Å². The van der Waals surface area contributed by atoms with Crippen molar-refractivity contribution in [1.29, 1.82) is 5.26 Å². The number of nitriles is 1. The fourth-order valence-corrected chi connectivity index (χ4v) is 2.85. The van der Waals surface area contributed by atoms with Crippen LogP contribution in [0.15, 0.2) is 10.3 Å². The first-order chi connectivity index (χ1) is 6.36. The minimum Gasteiger partial charge on any atom is -0.258 e. The van der Waals surface area contributed by atoms with Gasteiger partial charge >= 0.3 is 0 Å². The third-order valence-electron chi connectivity index (χ3n) is 1.32. The van der Waals surface area contributed by atoms with Gasteiger partial charge in [0, 0.05) is 12.3 Å². The Balaban J connectivity index is 3.52. The number of nitro groups is 1. The molecule has 0 saturated heterocycles. The van der Waals surface area contributed by atoms with Gasteiger partial charge < -0.3 is 0 Å². The van der Waals surface area contributed by atoms with Gasteiger partial charge in [-0.1, -0.05) is 0 Å². The van der Waals surface area contributed by atoms with Crippen molar-refractivity contribution in [2.75, 3.05) is 6.26 Å². The fourth-order valence-electron chi connectivity index (χ4n) is 0.813. The molecule has 0 spiro atoms. The zero-order valence-electron chi connectivity index (χ0n) is 6.92. The van der Waals surface area contributed by atoms with E-state index in [1.54, 1.807) is 6.07 Å².